The van der Waals surface area contributed by atoms with Crippen molar-refractivity contribution in [2.75, 3.05) is 17.2 Å². The van der Waals surface area contributed by atoms with Crippen molar-refractivity contribution in [2.24, 2.45) is 0 Å². The summed E-state index contributed by atoms with van der Waals surface area (Å²) in [6, 6.07) is 11.6. The van der Waals surface area contributed by atoms with Crippen LogP contribution >= 0.6 is 0 Å². The van der Waals surface area contributed by atoms with E-state index >= 15 is 0 Å². The first kappa shape index (κ1) is 25.5. The molecule has 2 aromatic heterocycles. The maximum Gasteiger partial charge on any atom is 0.390 e. The molecule has 5 rings (SSSR count). The van der Waals surface area contributed by atoms with Crippen molar-refractivity contribution in [1.82, 2.24) is 19.9 Å². The summed E-state index contributed by atoms with van der Waals surface area (Å²) in [6.45, 7) is 3.28. The van der Waals surface area contributed by atoms with Gasteiger partial charge in [-0.25, -0.2) is 13.9 Å². The standard InChI is InChI=1S/C27H26F4N6O/c1-15-3-8-20(28)21(11-15)35-24-13-22(32-10-9-27(29,30)31)25-33-14-23(37(25)36-24)17-4-7-19(16(2)12-17)26(38)34-18-5-6-18/h3-4,7-8,11-14,18,32H,5-6,9-10H2,1-2H3,(H,34,38)(H,35,36). The minimum absolute atomic E-state index is 0.129. The van der Waals surface area contributed by atoms with Crippen LogP contribution in [0.25, 0.3) is 16.9 Å². The first-order chi connectivity index (χ1) is 18.1. The van der Waals surface area contributed by atoms with E-state index in [0.717, 1.165) is 24.0 Å². The molecule has 0 aliphatic heterocycles. The summed E-state index contributed by atoms with van der Waals surface area (Å²) in [5.74, 6) is -0.408. The van der Waals surface area contributed by atoms with Gasteiger partial charge >= 0.3 is 6.18 Å². The number of aromatic nitrogens is 3. The Morgan fingerprint density at radius 3 is 2.58 bits per heavy atom. The smallest absolute Gasteiger partial charge is 0.382 e. The molecule has 38 heavy (non-hydrogen) atoms. The topological polar surface area (TPSA) is 83.3 Å². The van der Waals surface area contributed by atoms with Gasteiger partial charge in [-0.2, -0.15) is 13.2 Å². The van der Waals surface area contributed by atoms with Gasteiger partial charge in [0.1, 0.15) is 5.82 Å². The molecule has 11 heteroatoms. The third-order valence-electron chi connectivity index (χ3n) is 6.26. The van der Waals surface area contributed by atoms with Crippen LogP contribution in [0, 0.1) is 19.7 Å². The molecule has 0 atom stereocenters. The summed E-state index contributed by atoms with van der Waals surface area (Å²) in [7, 11) is 0. The number of hydrogen-bond acceptors (Lipinski definition) is 5. The molecule has 0 radical (unpaired) electrons. The summed E-state index contributed by atoms with van der Waals surface area (Å²) in [5.41, 5.74) is 4.22. The Labute approximate surface area is 216 Å². The van der Waals surface area contributed by atoms with Crippen LogP contribution in [-0.4, -0.2) is 39.3 Å². The Hall–Kier alpha value is -4.15. The van der Waals surface area contributed by atoms with E-state index in [9.17, 15) is 22.4 Å². The molecule has 2 aromatic carbocycles. The highest BCUT2D eigenvalue weighted by Crippen LogP contribution is 2.30. The molecule has 7 nitrogen and oxygen atoms in total. The summed E-state index contributed by atoms with van der Waals surface area (Å²) in [6.07, 6.45) is -1.83. The van der Waals surface area contributed by atoms with Crippen LogP contribution in [-0.2, 0) is 0 Å². The quantitative estimate of drug-likeness (QED) is 0.240. The number of benzene rings is 2. The van der Waals surface area contributed by atoms with Crippen LogP contribution in [0.3, 0.4) is 0 Å². The van der Waals surface area contributed by atoms with E-state index < -0.39 is 18.4 Å². The summed E-state index contributed by atoms with van der Waals surface area (Å²) in [5, 5.41) is 13.3. The van der Waals surface area contributed by atoms with Crippen molar-refractivity contribution in [3.8, 4) is 11.3 Å². The molecule has 3 N–H and O–H groups in total. The summed E-state index contributed by atoms with van der Waals surface area (Å²) >= 11 is 0. The number of imidazole rings is 1. The minimum atomic E-state index is -4.33. The molecule has 1 fully saturated rings. The van der Waals surface area contributed by atoms with Crippen molar-refractivity contribution in [1.29, 1.82) is 0 Å². The lowest BCUT2D eigenvalue weighted by Crippen LogP contribution is -2.26. The van der Waals surface area contributed by atoms with Gasteiger partial charge in [-0.15, -0.1) is 5.10 Å². The van der Waals surface area contributed by atoms with E-state index in [0.29, 0.717) is 28.2 Å². The van der Waals surface area contributed by atoms with Crippen LogP contribution in [0.4, 0.5) is 34.8 Å². The Bertz CT molecular complexity index is 1510. The molecule has 1 saturated carbocycles. The number of carbonyl (C=O) groups excluding carboxylic acids is 1. The van der Waals surface area contributed by atoms with E-state index in [4.69, 9.17) is 0 Å². The number of aryl methyl sites for hydroxylation is 2. The van der Waals surface area contributed by atoms with Gasteiger partial charge in [-0.1, -0.05) is 12.1 Å². The minimum Gasteiger partial charge on any atom is -0.382 e. The SMILES string of the molecule is Cc1ccc(F)c(Nc2cc(NCCC(F)(F)F)c3ncc(-c4ccc(C(=O)NC5CC5)c(C)c4)n3n2)c1. The maximum atomic E-state index is 14.4. The van der Waals surface area contributed by atoms with Crippen molar-refractivity contribution in [2.45, 2.75) is 45.3 Å². The molecule has 4 aromatic rings. The van der Waals surface area contributed by atoms with Crippen LogP contribution in [0.2, 0.25) is 0 Å². The first-order valence-electron chi connectivity index (χ1n) is 12.2. The van der Waals surface area contributed by atoms with Gasteiger partial charge in [-0.3, -0.25) is 4.79 Å². The summed E-state index contributed by atoms with van der Waals surface area (Å²) < 4.78 is 54.3. The fourth-order valence-electron chi connectivity index (χ4n) is 4.14. The fourth-order valence-corrected chi connectivity index (χ4v) is 4.14. The summed E-state index contributed by atoms with van der Waals surface area (Å²) in [4.78, 5) is 16.9. The van der Waals surface area contributed by atoms with E-state index in [1.165, 1.54) is 16.6 Å². The number of carbonyl (C=O) groups is 1. The normalized spacial score (nSPS) is 13.5. The number of rotatable bonds is 8. The highest BCUT2D eigenvalue weighted by Gasteiger charge is 2.27. The second-order valence-corrected chi connectivity index (χ2v) is 9.50. The molecular formula is C27H26F4N6O. The number of hydrogen-bond donors (Lipinski definition) is 3. The van der Waals surface area contributed by atoms with Crippen LogP contribution in [0.15, 0.2) is 48.7 Å². The molecule has 1 aliphatic carbocycles. The van der Waals surface area contributed by atoms with Crippen molar-refractivity contribution in [3.05, 3.63) is 71.2 Å². The predicted octanol–water partition coefficient (Wildman–Crippen LogP) is 6.15. The van der Waals surface area contributed by atoms with E-state index in [1.54, 1.807) is 30.5 Å². The molecular weight excluding hydrogens is 500 g/mol. The van der Waals surface area contributed by atoms with Gasteiger partial charge in [-0.05, 0) is 62.1 Å². The van der Waals surface area contributed by atoms with Gasteiger partial charge < -0.3 is 16.0 Å². The average Bonchev–Trinajstić information content (AvgIpc) is 3.55. The highest BCUT2D eigenvalue weighted by molar-refractivity contribution is 5.96. The number of amides is 1. The third kappa shape index (κ3) is 5.71. The van der Waals surface area contributed by atoms with Gasteiger partial charge in [0.05, 0.1) is 29.7 Å². The maximum absolute atomic E-state index is 14.4. The lowest BCUT2D eigenvalue weighted by Gasteiger charge is -2.14. The van der Waals surface area contributed by atoms with Crippen molar-refractivity contribution >= 4 is 28.7 Å². The number of anilines is 3. The van der Waals surface area contributed by atoms with Crippen LogP contribution in [0.5, 0.6) is 0 Å². The van der Waals surface area contributed by atoms with Gasteiger partial charge in [0.2, 0.25) is 0 Å². The first-order valence-corrected chi connectivity index (χ1v) is 12.2. The van der Waals surface area contributed by atoms with Gasteiger partial charge in [0, 0.05) is 29.8 Å². The molecule has 198 valence electrons. The van der Waals surface area contributed by atoms with E-state index in [2.05, 4.69) is 26.0 Å². The molecule has 0 unspecified atom stereocenters. The van der Waals surface area contributed by atoms with Crippen LogP contribution < -0.4 is 16.0 Å². The number of halogens is 4. The zero-order valence-corrected chi connectivity index (χ0v) is 20.8. The van der Waals surface area contributed by atoms with E-state index in [1.807, 2.05) is 19.9 Å². The average molecular weight is 527 g/mol. The number of fused-ring (bicyclic) bond motifs is 1. The van der Waals surface area contributed by atoms with E-state index in [-0.39, 0.29) is 30.0 Å². The van der Waals surface area contributed by atoms with Gasteiger partial charge in [0.25, 0.3) is 5.91 Å². The van der Waals surface area contributed by atoms with Crippen molar-refractivity contribution in [3.63, 3.8) is 0 Å². The molecule has 2 heterocycles. The zero-order valence-electron chi connectivity index (χ0n) is 20.8. The lowest BCUT2D eigenvalue weighted by atomic mass is 10.0. The molecule has 0 bridgehead atoms. The Kier molecular flexibility index (Phi) is 6.68. The number of nitrogens with one attached hydrogen (secondary N) is 3. The highest BCUT2D eigenvalue weighted by atomic mass is 19.4. The Morgan fingerprint density at radius 2 is 1.87 bits per heavy atom. The second-order valence-electron chi connectivity index (χ2n) is 9.50. The monoisotopic (exact) mass is 526 g/mol. The Morgan fingerprint density at radius 1 is 1.08 bits per heavy atom. The third-order valence-corrected chi connectivity index (χ3v) is 6.26. The van der Waals surface area contributed by atoms with Gasteiger partial charge in [0.15, 0.2) is 11.5 Å². The van der Waals surface area contributed by atoms with Crippen molar-refractivity contribution < 1.29 is 22.4 Å². The predicted molar refractivity (Wildman–Crippen MR) is 137 cm³/mol. The molecule has 0 saturated heterocycles. The molecule has 1 amide bonds. The largest absolute Gasteiger partial charge is 0.390 e. The Balaban J connectivity index is 1.53. The van der Waals surface area contributed by atoms with Crippen LogP contribution in [0.1, 0.15) is 40.7 Å². The zero-order chi connectivity index (χ0) is 27.0. The fraction of sp³-hybridized carbons (Fsp3) is 0.296. The number of nitrogens with zero attached hydrogens (tertiary/aromatic N) is 3. The molecule has 1 aliphatic rings. The molecule has 0 spiro atoms. The second kappa shape index (κ2) is 9.96. The lowest BCUT2D eigenvalue weighted by molar-refractivity contribution is -0.131. The number of alkyl halides is 3.